The van der Waals surface area contributed by atoms with Gasteiger partial charge in [-0.3, -0.25) is 0 Å². The zero-order valence-electron chi connectivity index (χ0n) is 9.90. The maximum atomic E-state index is 13.0. The first-order chi connectivity index (χ1) is 8.24. The number of benzene rings is 1. The SMILES string of the molecule is CCOC(CN)Cn1ccc2cc(F)ccc21. The first-order valence-electron chi connectivity index (χ1n) is 5.80. The summed E-state index contributed by atoms with van der Waals surface area (Å²) in [5.74, 6) is -0.213. The monoisotopic (exact) mass is 236 g/mol. The van der Waals surface area contributed by atoms with Gasteiger partial charge < -0.3 is 15.0 Å². The summed E-state index contributed by atoms with van der Waals surface area (Å²) >= 11 is 0. The molecule has 3 nitrogen and oxygen atoms in total. The molecule has 0 amide bonds. The Kier molecular flexibility index (Phi) is 3.76. The third kappa shape index (κ3) is 2.65. The molecular formula is C13H17FN2O. The van der Waals surface area contributed by atoms with Gasteiger partial charge in [-0.05, 0) is 31.2 Å². The highest BCUT2D eigenvalue weighted by atomic mass is 19.1. The lowest BCUT2D eigenvalue weighted by Gasteiger charge is -2.16. The van der Waals surface area contributed by atoms with Gasteiger partial charge in [0.05, 0.1) is 12.6 Å². The number of hydrogen-bond donors (Lipinski definition) is 1. The Morgan fingerprint density at radius 3 is 2.94 bits per heavy atom. The number of nitrogens with two attached hydrogens (primary N) is 1. The Bertz CT molecular complexity index is 495. The molecule has 1 aromatic heterocycles. The summed E-state index contributed by atoms with van der Waals surface area (Å²) in [6, 6.07) is 6.68. The summed E-state index contributed by atoms with van der Waals surface area (Å²) in [4.78, 5) is 0. The van der Waals surface area contributed by atoms with Crippen LogP contribution in [0.1, 0.15) is 6.92 Å². The van der Waals surface area contributed by atoms with E-state index in [-0.39, 0.29) is 11.9 Å². The van der Waals surface area contributed by atoms with E-state index in [1.807, 2.05) is 23.8 Å². The summed E-state index contributed by atoms with van der Waals surface area (Å²) in [5, 5.41) is 0.900. The molecule has 1 unspecified atom stereocenters. The zero-order chi connectivity index (χ0) is 12.3. The van der Waals surface area contributed by atoms with E-state index in [1.54, 1.807) is 6.07 Å². The van der Waals surface area contributed by atoms with Gasteiger partial charge >= 0.3 is 0 Å². The van der Waals surface area contributed by atoms with Crippen LogP contribution < -0.4 is 5.73 Å². The molecule has 0 aliphatic carbocycles. The van der Waals surface area contributed by atoms with Gasteiger partial charge in [-0.15, -0.1) is 0 Å². The molecule has 1 atom stereocenters. The number of aromatic nitrogens is 1. The third-order valence-electron chi connectivity index (χ3n) is 2.80. The zero-order valence-corrected chi connectivity index (χ0v) is 9.90. The predicted molar refractivity (Wildman–Crippen MR) is 66.4 cm³/mol. The second-order valence-electron chi connectivity index (χ2n) is 3.98. The topological polar surface area (TPSA) is 40.2 Å². The Labute approximate surface area is 100.0 Å². The molecule has 0 aliphatic heterocycles. The second-order valence-corrected chi connectivity index (χ2v) is 3.98. The third-order valence-corrected chi connectivity index (χ3v) is 2.80. The first-order valence-corrected chi connectivity index (χ1v) is 5.80. The average molecular weight is 236 g/mol. The lowest BCUT2D eigenvalue weighted by Crippen LogP contribution is -2.28. The van der Waals surface area contributed by atoms with Gasteiger partial charge in [0, 0.05) is 30.3 Å². The van der Waals surface area contributed by atoms with Crippen LogP contribution in [0.25, 0.3) is 10.9 Å². The highest BCUT2D eigenvalue weighted by molar-refractivity contribution is 5.80. The predicted octanol–water partition coefficient (Wildman–Crippen LogP) is 2.14. The van der Waals surface area contributed by atoms with Crippen molar-refractivity contribution in [2.24, 2.45) is 5.73 Å². The van der Waals surface area contributed by atoms with Crippen molar-refractivity contribution >= 4 is 10.9 Å². The maximum absolute atomic E-state index is 13.0. The molecule has 0 bridgehead atoms. The van der Waals surface area contributed by atoms with E-state index >= 15 is 0 Å². The number of halogens is 1. The van der Waals surface area contributed by atoms with Gasteiger partial charge in [0.1, 0.15) is 5.82 Å². The fourth-order valence-electron chi connectivity index (χ4n) is 1.98. The summed E-state index contributed by atoms with van der Waals surface area (Å²) < 4.78 is 20.6. The minimum Gasteiger partial charge on any atom is -0.375 e. The molecule has 2 rings (SSSR count). The number of fused-ring (bicyclic) bond motifs is 1. The molecule has 0 saturated carbocycles. The summed E-state index contributed by atoms with van der Waals surface area (Å²) in [5.41, 5.74) is 6.65. The van der Waals surface area contributed by atoms with E-state index in [2.05, 4.69) is 0 Å². The van der Waals surface area contributed by atoms with Gasteiger partial charge in [0.25, 0.3) is 0 Å². The molecule has 17 heavy (non-hydrogen) atoms. The molecule has 0 fully saturated rings. The van der Waals surface area contributed by atoms with Gasteiger partial charge in [0.15, 0.2) is 0 Å². The molecule has 0 radical (unpaired) electrons. The van der Waals surface area contributed by atoms with Crippen molar-refractivity contribution in [1.29, 1.82) is 0 Å². The molecule has 0 saturated heterocycles. The van der Waals surface area contributed by atoms with E-state index in [0.717, 1.165) is 10.9 Å². The minimum atomic E-state index is -0.213. The summed E-state index contributed by atoms with van der Waals surface area (Å²) in [7, 11) is 0. The van der Waals surface area contributed by atoms with Crippen LogP contribution in [-0.4, -0.2) is 23.8 Å². The highest BCUT2D eigenvalue weighted by Gasteiger charge is 2.09. The van der Waals surface area contributed by atoms with E-state index in [4.69, 9.17) is 10.5 Å². The van der Waals surface area contributed by atoms with Crippen molar-refractivity contribution in [2.45, 2.75) is 19.6 Å². The van der Waals surface area contributed by atoms with E-state index < -0.39 is 0 Å². The summed E-state index contributed by atoms with van der Waals surface area (Å²) in [6.45, 7) is 3.77. The van der Waals surface area contributed by atoms with Crippen molar-refractivity contribution < 1.29 is 9.13 Å². The van der Waals surface area contributed by atoms with Crippen LogP contribution in [0.4, 0.5) is 4.39 Å². The molecule has 92 valence electrons. The van der Waals surface area contributed by atoms with E-state index in [1.165, 1.54) is 12.1 Å². The number of nitrogens with zero attached hydrogens (tertiary/aromatic N) is 1. The molecule has 4 heteroatoms. The number of hydrogen-bond acceptors (Lipinski definition) is 2. The normalized spacial score (nSPS) is 13.1. The minimum absolute atomic E-state index is 0.000605. The molecule has 1 heterocycles. The molecule has 1 aromatic carbocycles. The fourth-order valence-corrected chi connectivity index (χ4v) is 1.98. The Hall–Kier alpha value is -1.39. The van der Waals surface area contributed by atoms with Crippen molar-refractivity contribution in [3.05, 3.63) is 36.3 Å². The summed E-state index contributed by atoms with van der Waals surface area (Å²) in [6.07, 6.45) is 1.94. The van der Waals surface area contributed by atoms with Gasteiger partial charge in [-0.1, -0.05) is 0 Å². The van der Waals surface area contributed by atoms with Crippen LogP contribution in [0.2, 0.25) is 0 Å². The van der Waals surface area contributed by atoms with Crippen molar-refractivity contribution in [1.82, 2.24) is 4.57 Å². The smallest absolute Gasteiger partial charge is 0.123 e. The van der Waals surface area contributed by atoms with Crippen LogP contribution in [0.15, 0.2) is 30.5 Å². The number of rotatable bonds is 5. The largest absolute Gasteiger partial charge is 0.375 e. The van der Waals surface area contributed by atoms with Crippen LogP contribution in [-0.2, 0) is 11.3 Å². The first kappa shape index (κ1) is 12.1. The van der Waals surface area contributed by atoms with Crippen LogP contribution in [0, 0.1) is 5.82 Å². The standard InChI is InChI=1S/C13H17FN2O/c1-2-17-12(8-15)9-16-6-5-10-7-11(14)3-4-13(10)16/h3-7,12H,2,8-9,15H2,1H3. The van der Waals surface area contributed by atoms with Crippen LogP contribution in [0.5, 0.6) is 0 Å². The fraction of sp³-hybridized carbons (Fsp3) is 0.385. The quantitative estimate of drug-likeness (QED) is 0.864. The Balaban J connectivity index is 2.23. The van der Waals surface area contributed by atoms with E-state index in [0.29, 0.717) is 19.7 Å². The lowest BCUT2D eigenvalue weighted by atomic mass is 10.2. The van der Waals surface area contributed by atoms with Crippen molar-refractivity contribution in [2.75, 3.05) is 13.2 Å². The van der Waals surface area contributed by atoms with E-state index in [9.17, 15) is 4.39 Å². The molecule has 0 spiro atoms. The molecular weight excluding hydrogens is 219 g/mol. The Morgan fingerprint density at radius 1 is 1.41 bits per heavy atom. The lowest BCUT2D eigenvalue weighted by molar-refractivity contribution is 0.0576. The van der Waals surface area contributed by atoms with Crippen molar-refractivity contribution in [3.8, 4) is 0 Å². The highest BCUT2D eigenvalue weighted by Crippen LogP contribution is 2.17. The van der Waals surface area contributed by atoms with Crippen molar-refractivity contribution in [3.63, 3.8) is 0 Å². The molecule has 2 N–H and O–H groups in total. The number of ether oxygens (including phenoxy) is 1. The van der Waals surface area contributed by atoms with Crippen LogP contribution in [0.3, 0.4) is 0 Å². The van der Waals surface area contributed by atoms with Gasteiger partial charge in [-0.2, -0.15) is 0 Å². The van der Waals surface area contributed by atoms with Gasteiger partial charge in [0.2, 0.25) is 0 Å². The molecule has 2 aromatic rings. The Morgan fingerprint density at radius 2 is 2.24 bits per heavy atom. The maximum Gasteiger partial charge on any atom is 0.123 e. The molecule has 0 aliphatic rings. The second kappa shape index (κ2) is 5.29. The van der Waals surface area contributed by atoms with Crippen LogP contribution >= 0.6 is 0 Å². The average Bonchev–Trinajstić information content (AvgIpc) is 2.71. The van der Waals surface area contributed by atoms with Gasteiger partial charge in [-0.25, -0.2) is 4.39 Å².